The van der Waals surface area contributed by atoms with E-state index in [1.807, 2.05) is 0 Å². The molecule has 1 rings (SSSR count). The van der Waals surface area contributed by atoms with Crippen molar-refractivity contribution in [2.75, 3.05) is 0 Å². The predicted molar refractivity (Wildman–Crippen MR) is 44.5 cm³/mol. The molecule has 11 heavy (non-hydrogen) atoms. The Labute approximate surface area is 66.0 Å². The minimum absolute atomic E-state index is 0.0608. The number of rotatable bonds is 3. The predicted octanol–water partition coefficient (Wildman–Crippen LogP) is 1.22. The molecule has 0 aliphatic carbocycles. The first-order valence-corrected chi connectivity index (χ1v) is 3.94. The standard InChI is InChI=1S/C8H14N2O/c1-7(2)4-6-10-8(11)3-5-9-10/h3,5,7,9H,4,6H2,1-2H3. The molecule has 1 aromatic rings. The second kappa shape index (κ2) is 3.42. The second-order valence-electron chi connectivity index (χ2n) is 3.13. The highest BCUT2D eigenvalue weighted by Gasteiger charge is 1.97. The average molecular weight is 154 g/mol. The largest absolute Gasteiger partial charge is 0.303 e. The van der Waals surface area contributed by atoms with Crippen LogP contribution >= 0.6 is 0 Å². The zero-order valence-electron chi connectivity index (χ0n) is 7.00. The molecule has 0 aliphatic heterocycles. The van der Waals surface area contributed by atoms with Gasteiger partial charge in [-0.2, -0.15) is 0 Å². The van der Waals surface area contributed by atoms with Crippen molar-refractivity contribution in [3.05, 3.63) is 22.6 Å². The van der Waals surface area contributed by atoms with E-state index in [-0.39, 0.29) is 5.56 Å². The maximum atomic E-state index is 11.0. The van der Waals surface area contributed by atoms with Crippen molar-refractivity contribution in [3.63, 3.8) is 0 Å². The van der Waals surface area contributed by atoms with E-state index in [1.165, 1.54) is 0 Å². The maximum Gasteiger partial charge on any atom is 0.266 e. The number of hydrogen-bond donors (Lipinski definition) is 1. The summed E-state index contributed by atoms with van der Waals surface area (Å²) >= 11 is 0. The third kappa shape index (κ3) is 2.26. The summed E-state index contributed by atoms with van der Waals surface area (Å²) < 4.78 is 1.62. The molecule has 0 aromatic carbocycles. The molecule has 1 N–H and O–H groups in total. The molecule has 1 heterocycles. The Bertz CT molecular complexity index is 259. The zero-order valence-corrected chi connectivity index (χ0v) is 7.00. The lowest BCUT2D eigenvalue weighted by Crippen LogP contribution is -2.16. The van der Waals surface area contributed by atoms with Gasteiger partial charge in [0.15, 0.2) is 0 Å². The van der Waals surface area contributed by atoms with Crippen LogP contribution in [0.2, 0.25) is 0 Å². The van der Waals surface area contributed by atoms with Crippen molar-refractivity contribution in [2.24, 2.45) is 5.92 Å². The van der Waals surface area contributed by atoms with Gasteiger partial charge in [-0.25, -0.2) is 0 Å². The molecule has 3 nitrogen and oxygen atoms in total. The lowest BCUT2D eigenvalue weighted by molar-refractivity contribution is 0.479. The third-order valence-corrected chi connectivity index (χ3v) is 1.65. The summed E-state index contributed by atoms with van der Waals surface area (Å²) in [4.78, 5) is 11.0. The molecule has 0 bridgehead atoms. The van der Waals surface area contributed by atoms with Gasteiger partial charge in [0, 0.05) is 18.8 Å². The van der Waals surface area contributed by atoms with Gasteiger partial charge in [0.1, 0.15) is 0 Å². The molecule has 0 spiro atoms. The summed E-state index contributed by atoms with van der Waals surface area (Å²) in [6, 6.07) is 1.54. The molecule has 0 radical (unpaired) electrons. The van der Waals surface area contributed by atoms with Gasteiger partial charge < -0.3 is 5.10 Å². The Balaban J connectivity index is 2.51. The molecule has 0 atom stereocenters. The number of nitrogens with zero attached hydrogens (tertiary/aromatic N) is 1. The molecule has 0 aliphatic rings. The topological polar surface area (TPSA) is 37.8 Å². The van der Waals surface area contributed by atoms with Gasteiger partial charge >= 0.3 is 0 Å². The van der Waals surface area contributed by atoms with E-state index in [1.54, 1.807) is 16.9 Å². The molecule has 0 saturated carbocycles. The molecular weight excluding hydrogens is 140 g/mol. The normalized spacial score (nSPS) is 10.8. The molecule has 0 saturated heterocycles. The first-order chi connectivity index (χ1) is 5.20. The summed E-state index contributed by atoms with van der Waals surface area (Å²) in [6.45, 7) is 5.09. The lowest BCUT2D eigenvalue weighted by Gasteiger charge is -2.03. The van der Waals surface area contributed by atoms with Crippen molar-refractivity contribution in [1.29, 1.82) is 0 Å². The van der Waals surface area contributed by atoms with Crippen LogP contribution in [0.3, 0.4) is 0 Å². The Morgan fingerprint density at radius 1 is 1.64 bits per heavy atom. The zero-order chi connectivity index (χ0) is 8.27. The quantitative estimate of drug-likeness (QED) is 0.698. The highest BCUT2D eigenvalue weighted by atomic mass is 16.1. The fourth-order valence-corrected chi connectivity index (χ4v) is 0.914. The van der Waals surface area contributed by atoms with Gasteiger partial charge in [-0.05, 0) is 12.3 Å². The van der Waals surface area contributed by atoms with Gasteiger partial charge in [0.2, 0.25) is 0 Å². The molecule has 0 fully saturated rings. The van der Waals surface area contributed by atoms with Crippen molar-refractivity contribution >= 4 is 0 Å². The van der Waals surface area contributed by atoms with E-state index in [0.717, 1.165) is 13.0 Å². The van der Waals surface area contributed by atoms with E-state index in [0.29, 0.717) is 5.92 Å². The Hall–Kier alpha value is -0.990. The fourth-order valence-electron chi connectivity index (χ4n) is 0.914. The van der Waals surface area contributed by atoms with Crippen molar-refractivity contribution in [1.82, 2.24) is 9.78 Å². The maximum absolute atomic E-state index is 11.0. The average Bonchev–Trinajstić information content (AvgIpc) is 2.31. The van der Waals surface area contributed by atoms with Crippen LogP contribution in [-0.4, -0.2) is 9.78 Å². The summed E-state index contributed by atoms with van der Waals surface area (Å²) in [5.41, 5.74) is 0.0608. The summed E-state index contributed by atoms with van der Waals surface area (Å²) in [6.07, 6.45) is 2.71. The van der Waals surface area contributed by atoms with Gasteiger partial charge in [-0.1, -0.05) is 13.8 Å². The highest BCUT2D eigenvalue weighted by Crippen LogP contribution is 1.99. The second-order valence-corrected chi connectivity index (χ2v) is 3.13. The number of aromatic nitrogens is 2. The number of hydrogen-bond acceptors (Lipinski definition) is 1. The van der Waals surface area contributed by atoms with E-state index in [2.05, 4.69) is 18.9 Å². The van der Waals surface area contributed by atoms with E-state index >= 15 is 0 Å². The molecule has 0 unspecified atom stereocenters. The van der Waals surface area contributed by atoms with Crippen LogP contribution in [0.15, 0.2) is 17.1 Å². The van der Waals surface area contributed by atoms with Gasteiger partial charge in [0.05, 0.1) is 0 Å². The lowest BCUT2D eigenvalue weighted by atomic mass is 10.1. The first kappa shape index (κ1) is 8.11. The molecule has 62 valence electrons. The smallest absolute Gasteiger partial charge is 0.266 e. The van der Waals surface area contributed by atoms with Gasteiger partial charge in [-0.3, -0.25) is 9.48 Å². The molecular formula is C8H14N2O. The monoisotopic (exact) mass is 154 g/mol. The third-order valence-electron chi connectivity index (χ3n) is 1.65. The number of H-pyrrole nitrogens is 1. The Kier molecular flexibility index (Phi) is 2.52. The van der Waals surface area contributed by atoms with Crippen LogP contribution in [0.1, 0.15) is 20.3 Å². The minimum Gasteiger partial charge on any atom is -0.303 e. The highest BCUT2D eigenvalue weighted by molar-refractivity contribution is 4.79. The van der Waals surface area contributed by atoms with E-state index < -0.39 is 0 Å². The van der Waals surface area contributed by atoms with Crippen molar-refractivity contribution in [3.8, 4) is 0 Å². The SMILES string of the molecule is CC(C)CCn1[nH]ccc1=O. The van der Waals surface area contributed by atoms with Crippen LogP contribution in [0.5, 0.6) is 0 Å². The molecule has 3 heteroatoms. The van der Waals surface area contributed by atoms with Crippen molar-refractivity contribution < 1.29 is 0 Å². The minimum atomic E-state index is 0.0608. The van der Waals surface area contributed by atoms with E-state index in [4.69, 9.17) is 0 Å². The van der Waals surface area contributed by atoms with Crippen LogP contribution < -0.4 is 5.56 Å². The van der Waals surface area contributed by atoms with E-state index in [9.17, 15) is 4.79 Å². The number of nitrogens with one attached hydrogen (secondary N) is 1. The van der Waals surface area contributed by atoms with Crippen molar-refractivity contribution in [2.45, 2.75) is 26.8 Å². The molecule has 0 amide bonds. The summed E-state index contributed by atoms with van der Waals surface area (Å²) in [5.74, 6) is 0.644. The van der Waals surface area contributed by atoms with Crippen LogP contribution in [0, 0.1) is 5.92 Å². The van der Waals surface area contributed by atoms with Crippen LogP contribution in [0.25, 0.3) is 0 Å². The fraction of sp³-hybridized carbons (Fsp3) is 0.625. The van der Waals surface area contributed by atoms with Crippen LogP contribution in [0.4, 0.5) is 0 Å². The first-order valence-electron chi connectivity index (χ1n) is 3.94. The Morgan fingerprint density at radius 2 is 2.36 bits per heavy atom. The number of aromatic amines is 1. The van der Waals surface area contributed by atoms with Gasteiger partial charge in [0.25, 0.3) is 5.56 Å². The molecule has 1 aromatic heterocycles. The number of aryl methyl sites for hydroxylation is 1. The van der Waals surface area contributed by atoms with Gasteiger partial charge in [-0.15, -0.1) is 0 Å². The summed E-state index contributed by atoms with van der Waals surface area (Å²) in [7, 11) is 0. The van der Waals surface area contributed by atoms with Crippen LogP contribution in [-0.2, 0) is 6.54 Å². The Morgan fingerprint density at radius 3 is 2.82 bits per heavy atom. The summed E-state index contributed by atoms with van der Waals surface area (Å²) in [5, 5.41) is 2.86.